The Labute approximate surface area is 159 Å². The van der Waals surface area contributed by atoms with Crippen LogP contribution in [0.1, 0.15) is 28.9 Å². The Bertz CT molecular complexity index is 816. The first-order chi connectivity index (χ1) is 13.2. The van der Waals surface area contributed by atoms with Crippen molar-refractivity contribution < 1.29 is 9.59 Å². The molecule has 0 spiro atoms. The largest absolute Gasteiger partial charge is 0.348 e. The number of fused-ring (bicyclic) bond motifs is 1. The monoisotopic (exact) mass is 364 g/mol. The molecule has 0 saturated carbocycles. The lowest BCUT2D eigenvalue weighted by molar-refractivity contribution is -0.119. The third-order valence-corrected chi connectivity index (χ3v) is 5.37. The Morgan fingerprint density at radius 3 is 2.59 bits per heavy atom. The molecular weight excluding hydrogens is 340 g/mol. The van der Waals surface area contributed by atoms with Crippen LogP contribution >= 0.6 is 0 Å². The molecule has 2 amide bonds. The molecule has 1 aromatic carbocycles. The number of likely N-dealkylation sites (tertiary alicyclic amines) is 1. The number of hydrogen-bond acceptors (Lipinski definition) is 4. The Morgan fingerprint density at radius 1 is 1.04 bits per heavy atom. The second-order valence-corrected chi connectivity index (χ2v) is 7.16. The van der Waals surface area contributed by atoms with Crippen LogP contribution in [0, 0.1) is 0 Å². The number of nitrogens with zero attached hydrogens (tertiary/aromatic N) is 3. The zero-order valence-electron chi connectivity index (χ0n) is 15.3. The Kier molecular flexibility index (Phi) is 5.16. The van der Waals surface area contributed by atoms with Crippen molar-refractivity contribution in [1.82, 2.24) is 15.2 Å². The number of pyridine rings is 1. The molecule has 0 aliphatic carbocycles. The van der Waals surface area contributed by atoms with Gasteiger partial charge in [0.2, 0.25) is 5.91 Å². The third-order valence-electron chi connectivity index (χ3n) is 5.37. The van der Waals surface area contributed by atoms with E-state index in [1.165, 1.54) is 5.56 Å². The Morgan fingerprint density at radius 2 is 1.81 bits per heavy atom. The Hall–Kier alpha value is -2.73. The van der Waals surface area contributed by atoms with Crippen LogP contribution in [0.2, 0.25) is 0 Å². The molecule has 2 aliphatic rings. The van der Waals surface area contributed by atoms with Crippen LogP contribution in [0.5, 0.6) is 0 Å². The summed E-state index contributed by atoms with van der Waals surface area (Å²) < 4.78 is 0. The van der Waals surface area contributed by atoms with Crippen molar-refractivity contribution in [2.45, 2.75) is 25.3 Å². The number of carbonyl (C=O) groups is 2. The van der Waals surface area contributed by atoms with E-state index in [1.807, 2.05) is 29.2 Å². The highest BCUT2D eigenvalue weighted by Crippen LogP contribution is 2.27. The highest BCUT2D eigenvalue weighted by Gasteiger charge is 2.27. The van der Waals surface area contributed by atoms with Gasteiger partial charge >= 0.3 is 0 Å². The van der Waals surface area contributed by atoms with E-state index in [4.69, 9.17) is 0 Å². The lowest BCUT2D eigenvalue weighted by atomic mass is 10.0. The molecule has 4 rings (SSSR count). The van der Waals surface area contributed by atoms with Gasteiger partial charge in [-0.2, -0.15) is 0 Å². The third kappa shape index (κ3) is 4.01. The van der Waals surface area contributed by atoms with Gasteiger partial charge in [0.25, 0.3) is 5.91 Å². The van der Waals surface area contributed by atoms with E-state index in [-0.39, 0.29) is 17.9 Å². The fourth-order valence-electron chi connectivity index (χ4n) is 3.87. The first-order valence-electron chi connectivity index (χ1n) is 9.53. The molecule has 0 unspecified atom stereocenters. The second kappa shape index (κ2) is 7.88. The molecule has 0 bridgehead atoms. The summed E-state index contributed by atoms with van der Waals surface area (Å²) in [5.74, 6) is 0.0368. The predicted octanol–water partition coefficient (Wildman–Crippen LogP) is 1.87. The lowest BCUT2D eigenvalue weighted by Crippen LogP contribution is -2.48. The van der Waals surface area contributed by atoms with Crippen molar-refractivity contribution in [3.8, 4) is 0 Å². The number of amides is 2. The summed E-state index contributed by atoms with van der Waals surface area (Å²) in [6.07, 6.45) is 4.26. The normalized spacial score (nSPS) is 17.6. The fourth-order valence-corrected chi connectivity index (χ4v) is 3.87. The van der Waals surface area contributed by atoms with E-state index in [0.29, 0.717) is 12.2 Å². The zero-order chi connectivity index (χ0) is 18.6. The minimum atomic E-state index is -0.126. The lowest BCUT2D eigenvalue weighted by Gasteiger charge is -2.32. The number of aromatic nitrogens is 1. The van der Waals surface area contributed by atoms with Gasteiger partial charge in [-0.3, -0.25) is 19.5 Å². The molecule has 2 aromatic rings. The van der Waals surface area contributed by atoms with E-state index in [9.17, 15) is 9.59 Å². The van der Waals surface area contributed by atoms with E-state index in [2.05, 4.69) is 21.3 Å². The first kappa shape index (κ1) is 17.7. The molecule has 1 saturated heterocycles. The topological polar surface area (TPSA) is 65.5 Å². The average molecular weight is 364 g/mol. The van der Waals surface area contributed by atoms with E-state index in [1.54, 1.807) is 18.3 Å². The molecule has 3 heterocycles. The van der Waals surface area contributed by atoms with Gasteiger partial charge in [0.15, 0.2) is 0 Å². The van der Waals surface area contributed by atoms with Gasteiger partial charge in [-0.1, -0.05) is 24.3 Å². The molecule has 1 aromatic heterocycles. The smallest absolute Gasteiger partial charge is 0.270 e. The van der Waals surface area contributed by atoms with Gasteiger partial charge in [0, 0.05) is 37.6 Å². The maximum Gasteiger partial charge on any atom is 0.270 e. The number of nitrogens with one attached hydrogen (secondary N) is 1. The van der Waals surface area contributed by atoms with Crippen LogP contribution in [0.15, 0.2) is 48.7 Å². The number of rotatable bonds is 4. The van der Waals surface area contributed by atoms with Gasteiger partial charge in [0.1, 0.15) is 5.69 Å². The van der Waals surface area contributed by atoms with Gasteiger partial charge in [-0.05, 0) is 43.0 Å². The molecule has 6 nitrogen and oxygen atoms in total. The first-order valence-corrected chi connectivity index (χ1v) is 9.53. The van der Waals surface area contributed by atoms with Gasteiger partial charge in [0.05, 0.1) is 6.54 Å². The molecular formula is C21H24N4O2. The van der Waals surface area contributed by atoms with Crippen molar-refractivity contribution in [3.05, 3.63) is 59.9 Å². The van der Waals surface area contributed by atoms with E-state index >= 15 is 0 Å². The minimum absolute atomic E-state index is 0.126. The molecule has 2 aliphatic heterocycles. The summed E-state index contributed by atoms with van der Waals surface area (Å²) >= 11 is 0. The van der Waals surface area contributed by atoms with Crippen LogP contribution in [-0.4, -0.2) is 53.9 Å². The van der Waals surface area contributed by atoms with Crippen LogP contribution in [0.3, 0.4) is 0 Å². The van der Waals surface area contributed by atoms with Crippen LogP contribution < -0.4 is 10.2 Å². The summed E-state index contributed by atoms with van der Waals surface area (Å²) in [5.41, 5.74) is 2.75. The van der Waals surface area contributed by atoms with Gasteiger partial charge in [-0.15, -0.1) is 0 Å². The van der Waals surface area contributed by atoms with Gasteiger partial charge in [-0.25, -0.2) is 0 Å². The number of anilines is 1. The van der Waals surface area contributed by atoms with E-state index in [0.717, 1.165) is 44.6 Å². The summed E-state index contributed by atoms with van der Waals surface area (Å²) in [6, 6.07) is 13.6. The van der Waals surface area contributed by atoms with Crippen LogP contribution in [-0.2, 0) is 11.2 Å². The summed E-state index contributed by atoms with van der Waals surface area (Å²) in [5, 5.41) is 3.05. The van der Waals surface area contributed by atoms with Crippen molar-refractivity contribution in [3.63, 3.8) is 0 Å². The molecule has 140 valence electrons. The number of para-hydroxylation sites is 1. The number of carbonyl (C=O) groups excluding carboxylic acids is 2. The maximum atomic E-state index is 12.7. The van der Waals surface area contributed by atoms with Crippen molar-refractivity contribution >= 4 is 17.5 Å². The number of benzene rings is 1. The highest BCUT2D eigenvalue weighted by atomic mass is 16.2. The molecule has 0 radical (unpaired) electrons. The molecule has 0 atom stereocenters. The maximum absolute atomic E-state index is 12.7. The second-order valence-electron chi connectivity index (χ2n) is 7.16. The molecule has 1 fully saturated rings. The van der Waals surface area contributed by atoms with Crippen LogP contribution in [0.25, 0.3) is 0 Å². The number of piperidine rings is 1. The van der Waals surface area contributed by atoms with Crippen molar-refractivity contribution in [2.24, 2.45) is 0 Å². The molecule has 27 heavy (non-hydrogen) atoms. The SMILES string of the molecule is O=C(NC1CCN(CC(=O)N2CCc3ccccc32)CC1)c1ccccn1. The minimum Gasteiger partial charge on any atom is -0.348 e. The average Bonchev–Trinajstić information content (AvgIpc) is 3.14. The molecule has 6 heteroatoms. The fraction of sp³-hybridized carbons (Fsp3) is 0.381. The summed E-state index contributed by atoms with van der Waals surface area (Å²) in [4.78, 5) is 33.1. The predicted molar refractivity (Wildman–Crippen MR) is 104 cm³/mol. The summed E-state index contributed by atoms with van der Waals surface area (Å²) in [7, 11) is 0. The van der Waals surface area contributed by atoms with E-state index < -0.39 is 0 Å². The van der Waals surface area contributed by atoms with Crippen LogP contribution in [0.4, 0.5) is 5.69 Å². The highest BCUT2D eigenvalue weighted by molar-refractivity contribution is 5.96. The summed E-state index contributed by atoms with van der Waals surface area (Å²) in [6.45, 7) is 2.84. The quantitative estimate of drug-likeness (QED) is 0.899. The van der Waals surface area contributed by atoms with Crippen molar-refractivity contribution in [1.29, 1.82) is 0 Å². The Balaban J connectivity index is 1.26. The number of hydrogen-bond donors (Lipinski definition) is 1. The zero-order valence-corrected chi connectivity index (χ0v) is 15.3. The van der Waals surface area contributed by atoms with Gasteiger partial charge < -0.3 is 10.2 Å². The molecule has 1 N–H and O–H groups in total. The standard InChI is InChI=1S/C21H24N4O2/c26-20(25-14-8-16-5-1-2-7-19(16)25)15-24-12-9-17(10-13-24)23-21(27)18-6-3-4-11-22-18/h1-7,11,17H,8-10,12-15H2,(H,23,27). The van der Waals surface area contributed by atoms with Crippen molar-refractivity contribution in [2.75, 3.05) is 31.1 Å².